The fraction of sp³-hybridized carbons (Fsp3) is 0.417. The van der Waals surface area contributed by atoms with Crippen LogP contribution in [0.15, 0.2) is 27.4 Å². The molecule has 0 radical (unpaired) electrons. The molecular weight excluding hydrogens is 218 g/mol. The zero-order valence-electron chi connectivity index (χ0n) is 9.77. The second kappa shape index (κ2) is 4.73. The van der Waals surface area contributed by atoms with Gasteiger partial charge >= 0.3 is 5.76 Å². The quantitative estimate of drug-likeness (QED) is 0.739. The molecule has 0 saturated heterocycles. The molecule has 0 amide bonds. The molecule has 0 aliphatic carbocycles. The maximum atomic E-state index is 11.0. The van der Waals surface area contributed by atoms with Gasteiger partial charge in [-0.05, 0) is 30.2 Å². The van der Waals surface area contributed by atoms with Crippen molar-refractivity contribution < 1.29 is 4.42 Å². The van der Waals surface area contributed by atoms with Gasteiger partial charge in [0.15, 0.2) is 5.58 Å². The lowest BCUT2D eigenvalue weighted by molar-refractivity contribution is 0.428. The lowest BCUT2D eigenvalue weighted by Crippen LogP contribution is -2.27. The molecule has 0 fully saturated rings. The fourth-order valence-electron chi connectivity index (χ4n) is 2.01. The van der Waals surface area contributed by atoms with Crippen molar-refractivity contribution in [1.82, 2.24) is 4.98 Å². The van der Waals surface area contributed by atoms with E-state index in [2.05, 4.69) is 11.9 Å². The fourth-order valence-corrected chi connectivity index (χ4v) is 2.01. The van der Waals surface area contributed by atoms with Crippen LogP contribution in [0.3, 0.4) is 0 Å². The first-order valence-corrected chi connectivity index (χ1v) is 5.74. The first-order valence-electron chi connectivity index (χ1n) is 5.74. The summed E-state index contributed by atoms with van der Waals surface area (Å²) in [7, 11) is 0. The Morgan fingerprint density at radius 1 is 1.47 bits per heavy atom. The Labute approximate surface area is 98.8 Å². The van der Waals surface area contributed by atoms with Gasteiger partial charge < -0.3 is 15.9 Å². The van der Waals surface area contributed by atoms with Crippen molar-refractivity contribution in [2.45, 2.75) is 19.4 Å². The lowest BCUT2D eigenvalue weighted by atomic mass is 9.91. The minimum atomic E-state index is -0.448. The van der Waals surface area contributed by atoms with Crippen LogP contribution in [0.1, 0.15) is 24.9 Å². The predicted octanol–water partition coefficient (Wildman–Crippen LogP) is 1.11. The largest absolute Gasteiger partial charge is 0.417 e. The molecule has 2 unspecified atom stereocenters. The summed E-state index contributed by atoms with van der Waals surface area (Å²) in [5.41, 5.74) is 14.0. The first-order chi connectivity index (χ1) is 8.15. The third-order valence-corrected chi connectivity index (χ3v) is 3.16. The minimum absolute atomic E-state index is 0.130. The van der Waals surface area contributed by atoms with Gasteiger partial charge in [0.05, 0.1) is 5.52 Å². The van der Waals surface area contributed by atoms with Gasteiger partial charge in [-0.2, -0.15) is 0 Å². The summed E-state index contributed by atoms with van der Waals surface area (Å²) in [4.78, 5) is 13.6. The summed E-state index contributed by atoms with van der Waals surface area (Å²) in [6.07, 6.45) is 0.923. The summed E-state index contributed by atoms with van der Waals surface area (Å²) in [5, 5.41) is 0. The van der Waals surface area contributed by atoms with E-state index in [1.807, 2.05) is 6.07 Å². The Morgan fingerprint density at radius 2 is 2.24 bits per heavy atom. The van der Waals surface area contributed by atoms with Gasteiger partial charge in [0.25, 0.3) is 0 Å². The standard InChI is InChI=1S/C12H17N3O2/c1-2-7(6-13)11(14)8-3-4-9-10(5-8)17-12(16)15-9/h3-5,7,11H,2,6,13-14H2,1H3,(H,15,16). The first kappa shape index (κ1) is 11.9. The van der Waals surface area contributed by atoms with Gasteiger partial charge in [-0.3, -0.25) is 4.98 Å². The molecule has 0 bridgehead atoms. The minimum Gasteiger partial charge on any atom is -0.408 e. The molecule has 92 valence electrons. The smallest absolute Gasteiger partial charge is 0.408 e. The zero-order valence-corrected chi connectivity index (χ0v) is 9.77. The number of aromatic nitrogens is 1. The topological polar surface area (TPSA) is 98.0 Å². The van der Waals surface area contributed by atoms with Crippen molar-refractivity contribution in [1.29, 1.82) is 0 Å². The highest BCUT2D eigenvalue weighted by Gasteiger charge is 2.17. The summed E-state index contributed by atoms with van der Waals surface area (Å²) in [6, 6.07) is 5.38. The molecule has 2 atom stereocenters. The van der Waals surface area contributed by atoms with Gasteiger partial charge in [-0.15, -0.1) is 0 Å². The highest BCUT2D eigenvalue weighted by Crippen LogP contribution is 2.24. The van der Waals surface area contributed by atoms with E-state index in [9.17, 15) is 4.79 Å². The van der Waals surface area contributed by atoms with E-state index in [0.29, 0.717) is 17.6 Å². The van der Waals surface area contributed by atoms with Crippen molar-refractivity contribution in [3.63, 3.8) is 0 Å². The highest BCUT2D eigenvalue weighted by molar-refractivity contribution is 5.72. The Balaban J connectivity index is 2.38. The van der Waals surface area contributed by atoms with Crippen molar-refractivity contribution in [2.24, 2.45) is 17.4 Å². The molecule has 17 heavy (non-hydrogen) atoms. The molecular formula is C12H17N3O2. The molecule has 5 N–H and O–H groups in total. The number of fused-ring (bicyclic) bond motifs is 1. The van der Waals surface area contributed by atoms with Crippen LogP contribution in [0, 0.1) is 5.92 Å². The van der Waals surface area contributed by atoms with Crippen LogP contribution in [0.25, 0.3) is 11.1 Å². The second-order valence-electron chi connectivity index (χ2n) is 4.20. The average Bonchev–Trinajstić information content (AvgIpc) is 2.69. The molecule has 5 nitrogen and oxygen atoms in total. The number of oxazole rings is 1. The number of hydrogen-bond acceptors (Lipinski definition) is 4. The van der Waals surface area contributed by atoms with Crippen LogP contribution in [0.4, 0.5) is 0 Å². The van der Waals surface area contributed by atoms with Gasteiger partial charge in [-0.25, -0.2) is 4.79 Å². The average molecular weight is 235 g/mol. The number of rotatable bonds is 4. The SMILES string of the molecule is CCC(CN)C(N)c1ccc2[nH]c(=O)oc2c1. The molecule has 1 aromatic heterocycles. The van der Waals surface area contributed by atoms with E-state index in [1.54, 1.807) is 12.1 Å². The highest BCUT2D eigenvalue weighted by atomic mass is 16.4. The van der Waals surface area contributed by atoms with E-state index in [0.717, 1.165) is 12.0 Å². The Hall–Kier alpha value is -1.59. The molecule has 2 aromatic rings. The summed E-state index contributed by atoms with van der Waals surface area (Å²) >= 11 is 0. The lowest BCUT2D eigenvalue weighted by Gasteiger charge is -2.21. The van der Waals surface area contributed by atoms with Crippen molar-refractivity contribution in [3.8, 4) is 0 Å². The van der Waals surface area contributed by atoms with E-state index < -0.39 is 5.76 Å². The number of hydrogen-bond donors (Lipinski definition) is 3. The van der Waals surface area contributed by atoms with Crippen LogP contribution < -0.4 is 17.2 Å². The molecule has 2 rings (SSSR count). The van der Waals surface area contributed by atoms with Gasteiger partial charge in [0.2, 0.25) is 0 Å². The van der Waals surface area contributed by atoms with Crippen LogP contribution >= 0.6 is 0 Å². The maximum absolute atomic E-state index is 11.0. The van der Waals surface area contributed by atoms with Crippen LogP contribution in [0.2, 0.25) is 0 Å². The van der Waals surface area contributed by atoms with Gasteiger partial charge in [0.1, 0.15) is 0 Å². The molecule has 0 saturated carbocycles. The number of H-pyrrole nitrogens is 1. The molecule has 0 aliphatic rings. The van der Waals surface area contributed by atoms with Crippen LogP contribution in [-0.4, -0.2) is 11.5 Å². The molecule has 0 spiro atoms. The normalized spacial score (nSPS) is 15.0. The van der Waals surface area contributed by atoms with Crippen LogP contribution in [-0.2, 0) is 0 Å². The Morgan fingerprint density at radius 3 is 2.88 bits per heavy atom. The third-order valence-electron chi connectivity index (χ3n) is 3.16. The Bertz CT molecular complexity index is 554. The summed E-state index contributed by atoms with van der Waals surface area (Å²) in [6.45, 7) is 2.61. The van der Waals surface area contributed by atoms with Crippen molar-refractivity contribution >= 4 is 11.1 Å². The van der Waals surface area contributed by atoms with Crippen molar-refractivity contribution in [2.75, 3.05) is 6.54 Å². The zero-order chi connectivity index (χ0) is 12.4. The predicted molar refractivity (Wildman–Crippen MR) is 66.6 cm³/mol. The van der Waals surface area contributed by atoms with Gasteiger partial charge in [-0.1, -0.05) is 19.4 Å². The number of benzene rings is 1. The van der Waals surface area contributed by atoms with Crippen LogP contribution in [0.5, 0.6) is 0 Å². The number of nitrogens with one attached hydrogen (secondary N) is 1. The molecule has 0 aliphatic heterocycles. The summed E-state index contributed by atoms with van der Waals surface area (Å²) in [5.74, 6) is -0.213. The molecule has 1 heterocycles. The Kier molecular flexibility index (Phi) is 3.31. The molecule has 1 aromatic carbocycles. The van der Waals surface area contributed by atoms with E-state index in [4.69, 9.17) is 15.9 Å². The second-order valence-corrected chi connectivity index (χ2v) is 4.20. The van der Waals surface area contributed by atoms with E-state index in [1.165, 1.54) is 0 Å². The third kappa shape index (κ3) is 2.25. The summed E-state index contributed by atoms with van der Waals surface area (Å²) < 4.78 is 5.01. The van der Waals surface area contributed by atoms with E-state index in [-0.39, 0.29) is 12.0 Å². The monoisotopic (exact) mass is 235 g/mol. The van der Waals surface area contributed by atoms with Crippen molar-refractivity contribution in [3.05, 3.63) is 34.3 Å². The van der Waals surface area contributed by atoms with Gasteiger partial charge in [0, 0.05) is 6.04 Å². The number of aromatic amines is 1. The number of nitrogens with two attached hydrogens (primary N) is 2. The maximum Gasteiger partial charge on any atom is 0.417 e. The molecule has 5 heteroatoms. The van der Waals surface area contributed by atoms with E-state index >= 15 is 0 Å².